The van der Waals surface area contributed by atoms with Gasteiger partial charge in [0.25, 0.3) is 0 Å². The third-order valence-electron chi connectivity index (χ3n) is 6.00. The van der Waals surface area contributed by atoms with Crippen LogP contribution in [0.15, 0.2) is 54.7 Å². The number of carbonyl (C=O) groups excluding carboxylic acids is 1. The highest BCUT2D eigenvalue weighted by molar-refractivity contribution is 5.74. The molecule has 0 radical (unpaired) electrons. The van der Waals surface area contributed by atoms with Gasteiger partial charge >= 0.3 is 0 Å². The number of rotatable bonds is 7. The number of likely N-dealkylation sites (tertiary alicyclic amines) is 1. The molecule has 7 nitrogen and oxygen atoms in total. The maximum absolute atomic E-state index is 12.1. The smallest absolute Gasteiger partial charge is 0.220 e. The van der Waals surface area contributed by atoms with Gasteiger partial charge in [-0.2, -0.15) is 0 Å². The van der Waals surface area contributed by atoms with Crippen LogP contribution in [0, 0.1) is 0 Å². The first-order chi connectivity index (χ1) is 15.9. The maximum Gasteiger partial charge on any atom is 0.220 e. The number of hydrogen-bond donors (Lipinski definition) is 0. The van der Waals surface area contributed by atoms with Gasteiger partial charge in [0.2, 0.25) is 5.91 Å². The minimum atomic E-state index is -0.0365. The Morgan fingerprint density at radius 3 is 2.52 bits per heavy atom. The lowest BCUT2D eigenvalue weighted by Gasteiger charge is -2.24. The molecular weight excluding hydrogens is 412 g/mol. The van der Waals surface area contributed by atoms with E-state index in [0.29, 0.717) is 6.54 Å². The molecule has 33 heavy (non-hydrogen) atoms. The third-order valence-corrected chi connectivity index (χ3v) is 6.00. The van der Waals surface area contributed by atoms with Gasteiger partial charge in [-0.05, 0) is 37.6 Å². The van der Waals surface area contributed by atoms with Crippen molar-refractivity contribution in [2.75, 3.05) is 32.6 Å². The summed E-state index contributed by atoms with van der Waals surface area (Å²) in [5, 5.41) is 0. The Bertz CT molecular complexity index is 1080. The van der Waals surface area contributed by atoms with Crippen molar-refractivity contribution in [1.82, 2.24) is 24.8 Å². The molecule has 0 N–H and O–H groups in total. The lowest BCUT2D eigenvalue weighted by atomic mass is 10.1. The Morgan fingerprint density at radius 1 is 1.06 bits per heavy atom. The zero-order chi connectivity index (χ0) is 23.4. The summed E-state index contributed by atoms with van der Waals surface area (Å²) in [5.74, 6) is 1.71. The van der Waals surface area contributed by atoms with Gasteiger partial charge in [-0.1, -0.05) is 30.3 Å². The second kappa shape index (κ2) is 10.1. The molecule has 0 unspecified atom stereocenters. The van der Waals surface area contributed by atoms with E-state index in [1.54, 1.807) is 6.92 Å². The third kappa shape index (κ3) is 5.54. The highest BCUT2D eigenvalue weighted by atomic mass is 16.2. The number of amides is 1. The van der Waals surface area contributed by atoms with Crippen molar-refractivity contribution in [1.29, 1.82) is 0 Å². The van der Waals surface area contributed by atoms with Crippen LogP contribution in [0.4, 0.5) is 5.82 Å². The molecule has 1 aromatic carbocycles. The monoisotopic (exact) mass is 444 g/mol. The summed E-state index contributed by atoms with van der Waals surface area (Å²) in [6.07, 6.45) is 3.72. The summed E-state index contributed by atoms with van der Waals surface area (Å²) in [4.78, 5) is 32.3. The minimum Gasteiger partial charge on any atom is -0.363 e. The number of hydrogen-bond acceptors (Lipinski definition) is 6. The molecule has 3 heterocycles. The number of anilines is 1. The van der Waals surface area contributed by atoms with E-state index in [1.165, 1.54) is 5.56 Å². The molecule has 0 bridgehead atoms. The summed E-state index contributed by atoms with van der Waals surface area (Å²) >= 11 is 0. The molecule has 1 atom stereocenters. The fourth-order valence-electron chi connectivity index (χ4n) is 4.33. The van der Waals surface area contributed by atoms with Crippen LogP contribution < -0.4 is 4.90 Å². The quantitative estimate of drug-likeness (QED) is 0.550. The number of pyridine rings is 1. The Labute approximate surface area is 196 Å². The van der Waals surface area contributed by atoms with Gasteiger partial charge in [-0.25, -0.2) is 9.97 Å². The van der Waals surface area contributed by atoms with Crippen LogP contribution in [0.5, 0.6) is 0 Å². The molecule has 1 saturated heterocycles. The molecule has 7 heteroatoms. The topological polar surface area (TPSA) is 65.5 Å². The molecule has 1 aliphatic heterocycles. The first-order valence-electron chi connectivity index (χ1n) is 11.4. The molecule has 4 rings (SSSR count). The summed E-state index contributed by atoms with van der Waals surface area (Å²) in [7, 11) is 6.07. The first kappa shape index (κ1) is 22.9. The van der Waals surface area contributed by atoms with E-state index in [0.717, 1.165) is 54.5 Å². The van der Waals surface area contributed by atoms with Crippen LogP contribution in [-0.4, -0.2) is 58.3 Å². The van der Waals surface area contributed by atoms with Gasteiger partial charge < -0.3 is 9.80 Å². The van der Waals surface area contributed by atoms with Crippen molar-refractivity contribution in [3.05, 3.63) is 71.8 Å². The highest BCUT2D eigenvalue weighted by Crippen LogP contribution is 2.31. The molecule has 3 aromatic rings. The molecule has 172 valence electrons. The molecule has 0 saturated carbocycles. The van der Waals surface area contributed by atoms with Crippen molar-refractivity contribution >= 4 is 11.7 Å². The number of carbonyl (C=O) groups is 1. The Morgan fingerprint density at radius 2 is 1.85 bits per heavy atom. The van der Waals surface area contributed by atoms with Crippen LogP contribution in [-0.2, 0) is 17.9 Å². The number of nitrogens with zero attached hydrogens (tertiary/aromatic N) is 6. The Hall–Kier alpha value is -3.32. The van der Waals surface area contributed by atoms with Gasteiger partial charge in [-0.15, -0.1) is 0 Å². The predicted octanol–water partition coefficient (Wildman–Crippen LogP) is 3.92. The standard InChI is InChI=1S/C26H32N6O/c1-19(33)32-15-7-9-24(32)26-28-22(16-25(29-26)30(2)3)18-31(4)17-20-10-12-21(13-11-20)23-8-5-6-14-27-23/h5-6,8,10-14,16,24H,7,9,15,17-18H2,1-4H3/t24-/m1/s1. The van der Waals surface area contributed by atoms with Crippen molar-refractivity contribution in [3.63, 3.8) is 0 Å². The zero-order valence-corrected chi connectivity index (χ0v) is 19.9. The van der Waals surface area contributed by atoms with E-state index in [1.807, 2.05) is 54.4 Å². The summed E-state index contributed by atoms with van der Waals surface area (Å²) in [6, 6.07) is 16.5. The fourth-order valence-corrected chi connectivity index (χ4v) is 4.33. The average Bonchev–Trinajstić information content (AvgIpc) is 3.30. The highest BCUT2D eigenvalue weighted by Gasteiger charge is 2.30. The van der Waals surface area contributed by atoms with Crippen LogP contribution in [0.1, 0.15) is 42.9 Å². The minimum absolute atomic E-state index is 0.0365. The van der Waals surface area contributed by atoms with E-state index in [4.69, 9.17) is 9.97 Å². The van der Waals surface area contributed by atoms with Crippen LogP contribution in [0.3, 0.4) is 0 Å². The lowest BCUT2D eigenvalue weighted by molar-refractivity contribution is -0.129. The van der Waals surface area contributed by atoms with E-state index in [-0.39, 0.29) is 11.9 Å². The fraction of sp³-hybridized carbons (Fsp3) is 0.385. The second-order valence-electron chi connectivity index (χ2n) is 8.92. The SMILES string of the molecule is CC(=O)N1CCC[C@@H]1c1nc(CN(C)Cc2ccc(-c3ccccn3)cc2)cc(N(C)C)n1. The second-order valence-corrected chi connectivity index (χ2v) is 8.92. The molecule has 0 spiro atoms. The molecular formula is C26H32N6O. The summed E-state index contributed by atoms with van der Waals surface area (Å²) in [6.45, 7) is 3.91. The summed E-state index contributed by atoms with van der Waals surface area (Å²) < 4.78 is 0. The van der Waals surface area contributed by atoms with Crippen LogP contribution >= 0.6 is 0 Å². The normalized spacial score (nSPS) is 15.8. The Kier molecular flexibility index (Phi) is 6.99. The first-order valence-corrected chi connectivity index (χ1v) is 11.4. The zero-order valence-electron chi connectivity index (χ0n) is 19.9. The lowest BCUT2D eigenvalue weighted by Crippen LogP contribution is -2.30. The van der Waals surface area contributed by atoms with Gasteiger partial charge in [-0.3, -0.25) is 14.7 Å². The van der Waals surface area contributed by atoms with E-state index in [2.05, 4.69) is 41.2 Å². The van der Waals surface area contributed by atoms with E-state index < -0.39 is 0 Å². The van der Waals surface area contributed by atoms with Gasteiger partial charge in [0.05, 0.1) is 17.4 Å². The molecule has 1 amide bonds. The van der Waals surface area contributed by atoms with Crippen LogP contribution in [0.2, 0.25) is 0 Å². The Balaban J connectivity index is 1.48. The van der Waals surface area contributed by atoms with Gasteiger partial charge in [0.1, 0.15) is 5.82 Å². The van der Waals surface area contributed by atoms with Gasteiger partial charge in [0, 0.05) is 58.5 Å². The number of benzene rings is 1. The van der Waals surface area contributed by atoms with E-state index in [9.17, 15) is 4.79 Å². The van der Waals surface area contributed by atoms with Crippen molar-refractivity contribution in [2.24, 2.45) is 0 Å². The molecule has 1 aliphatic rings. The maximum atomic E-state index is 12.1. The van der Waals surface area contributed by atoms with Crippen LogP contribution in [0.25, 0.3) is 11.3 Å². The molecule has 1 fully saturated rings. The largest absolute Gasteiger partial charge is 0.363 e. The molecule has 2 aromatic heterocycles. The van der Waals surface area contributed by atoms with Crippen molar-refractivity contribution in [3.8, 4) is 11.3 Å². The van der Waals surface area contributed by atoms with Gasteiger partial charge in [0.15, 0.2) is 5.82 Å². The number of aromatic nitrogens is 3. The molecule has 0 aliphatic carbocycles. The van der Waals surface area contributed by atoms with E-state index >= 15 is 0 Å². The average molecular weight is 445 g/mol. The van der Waals surface area contributed by atoms with Crippen molar-refractivity contribution < 1.29 is 4.79 Å². The van der Waals surface area contributed by atoms with Crippen molar-refractivity contribution in [2.45, 2.75) is 38.9 Å². The summed E-state index contributed by atoms with van der Waals surface area (Å²) in [5.41, 5.74) is 4.29. The predicted molar refractivity (Wildman–Crippen MR) is 131 cm³/mol.